The minimum Gasteiger partial charge on any atom is -0.228 e. The zero-order valence-electron chi connectivity index (χ0n) is 15.6. The number of para-hydroxylation sites is 1. The van der Waals surface area contributed by atoms with E-state index in [2.05, 4.69) is 82.7 Å². The Hall–Kier alpha value is -3.30. The van der Waals surface area contributed by atoms with Crippen molar-refractivity contribution in [2.75, 3.05) is 0 Å². The first-order valence-corrected chi connectivity index (χ1v) is 10.3. The molecule has 0 unspecified atom stereocenters. The van der Waals surface area contributed by atoms with Gasteiger partial charge in [-0.25, -0.2) is 9.97 Å². The SMILES string of the molecule is Brc1ccc(-c2ccccc2-c2nc(-c3ccccc3)c3ccccc3n2)cc1. The van der Waals surface area contributed by atoms with E-state index in [9.17, 15) is 0 Å². The fraction of sp³-hybridized carbons (Fsp3) is 0. The molecule has 0 aliphatic heterocycles. The maximum atomic E-state index is 5.02. The van der Waals surface area contributed by atoms with Gasteiger partial charge < -0.3 is 0 Å². The van der Waals surface area contributed by atoms with Crippen molar-refractivity contribution in [3.05, 3.63) is 108 Å². The largest absolute Gasteiger partial charge is 0.228 e. The molecule has 2 nitrogen and oxygen atoms in total. The Morgan fingerprint density at radius 2 is 1.17 bits per heavy atom. The van der Waals surface area contributed by atoms with Gasteiger partial charge in [0.25, 0.3) is 0 Å². The molecule has 5 aromatic rings. The van der Waals surface area contributed by atoms with Crippen molar-refractivity contribution < 1.29 is 0 Å². The number of benzene rings is 4. The maximum Gasteiger partial charge on any atom is 0.161 e. The lowest BCUT2D eigenvalue weighted by atomic mass is 9.98. The third-order valence-electron chi connectivity index (χ3n) is 4.97. The zero-order chi connectivity index (χ0) is 19.6. The summed E-state index contributed by atoms with van der Waals surface area (Å²) in [6.45, 7) is 0. The van der Waals surface area contributed by atoms with Crippen molar-refractivity contribution >= 4 is 26.8 Å². The van der Waals surface area contributed by atoms with Crippen LogP contribution in [0.3, 0.4) is 0 Å². The molecule has 0 fully saturated rings. The summed E-state index contributed by atoms with van der Waals surface area (Å²) in [6, 6.07) is 35.2. The summed E-state index contributed by atoms with van der Waals surface area (Å²) in [5.74, 6) is 0.737. The fourth-order valence-electron chi connectivity index (χ4n) is 3.57. The minimum absolute atomic E-state index is 0.737. The van der Waals surface area contributed by atoms with Crippen LogP contribution < -0.4 is 0 Å². The number of fused-ring (bicyclic) bond motifs is 1. The number of nitrogens with zero attached hydrogens (tertiary/aromatic N) is 2. The van der Waals surface area contributed by atoms with Gasteiger partial charge in [0.05, 0.1) is 11.2 Å². The molecular formula is C26H17BrN2. The van der Waals surface area contributed by atoms with E-state index >= 15 is 0 Å². The molecule has 0 N–H and O–H groups in total. The average molecular weight is 437 g/mol. The van der Waals surface area contributed by atoms with Gasteiger partial charge in [0.2, 0.25) is 0 Å². The van der Waals surface area contributed by atoms with Gasteiger partial charge in [-0.15, -0.1) is 0 Å². The van der Waals surface area contributed by atoms with Gasteiger partial charge in [-0.05, 0) is 29.3 Å². The first kappa shape index (κ1) is 17.8. The fourth-order valence-corrected chi connectivity index (χ4v) is 3.84. The molecule has 0 atom stereocenters. The second-order valence-corrected chi connectivity index (χ2v) is 7.75. The second kappa shape index (κ2) is 7.61. The van der Waals surface area contributed by atoms with Crippen LogP contribution in [0.15, 0.2) is 108 Å². The Morgan fingerprint density at radius 3 is 1.97 bits per heavy atom. The Morgan fingerprint density at radius 1 is 0.517 bits per heavy atom. The molecule has 0 spiro atoms. The second-order valence-electron chi connectivity index (χ2n) is 6.83. The predicted octanol–water partition coefficient (Wildman–Crippen LogP) is 7.39. The Bertz CT molecular complexity index is 1300. The molecule has 0 aliphatic rings. The lowest BCUT2D eigenvalue weighted by Crippen LogP contribution is -1.96. The van der Waals surface area contributed by atoms with Crippen molar-refractivity contribution in [2.45, 2.75) is 0 Å². The third kappa shape index (κ3) is 3.45. The monoisotopic (exact) mass is 436 g/mol. The van der Waals surface area contributed by atoms with Crippen LogP contribution in [0.1, 0.15) is 0 Å². The summed E-state index contributed by atoms with van der Waals surface area (Å²) in [7, 11) is 0. The first-order valence-electron chi connectivity index (χ1n) is 9.47. The molecule has 0 amide bonds. The highest BCUT2D eigenvalue weighted by Gasteiger charge is 2.14. The number of aromatic nitrogens is 2. The van der Waals surface area contributed by atoms with Gasteiger partial charge >= 0.3 is 0 Å². The molecule has 1 heterocycles. The molecular weight excluding hydrogens is 420 g/mol. The highest BCUT2D eigenvalue weighted by atomic mass is 79.9. The summed E-state index contributed by atoms with van der Waals surface area (Å²) < 4.78 is 1.06. The van der Waals surface area contributed by atoms with E-state index in [0.29, 0.717) is 0 Å². The Balaban J connectivity index is 1.76. The molecule has 0 saturated carbocycles. The summed E-state index contributed by atoms with van der Waals surface area (Å²) in [5.41, 5.74) is 6.28. The van der Waals surface area contributed by atoms with Crippen LogP contribution in [-0.4, -0.2) is 9.97 Å². The molecule has 0 radical (unpaired) electrons. The maximum absolute atomic E-state index is 5.02. The van der Waals surface area contributed by atoms with E-state index < -0.39 is 0 Å². The van der Waals surface area contributed by atoms with Crippen molar-refractivity contribution in [1.82, 2.24) is 9.97 Å². The van der Waals surface area contributed by atoms with Crippen LogP contribution in [-0.2, 0) is 0 Å². The average Bonchev–Trinajstić information content (AvgIpc) is 2.79. The van der Waals surface area contributed by atoms with Gasteiger partial charge in [-0.2, -0.15) is 0 Å². The summed E-state index contributed by atoms with van der Waals surface area (Å²) >= 11 is 3.52. The molecule has 3 heteroatoms. The number of halogens is 1. The highest BCUT2D eigenvalue weighted by molar-refractivity contribution is 9.10. The van der Waals surface area contributed by atoms with Gasteiger partial charge in [-0.3, -0.25) is 0 Å². The lowest BCUT2D eigenvalue weighted by Gasteiger charge is -2.12. The van der Waals surface area contributed by atoms with Crippen molar-refractivity contribution in [2.24, 2.45) is 0 Å². The molecule has 138 valence electrons. The summed E-state index contributed by atoms with van der Waals surface area (Å²) in [4.78, 5) is 9.94. The molecule has 0 bridgehead atoms. The molecule has 0 saturated heterocycles. The van der Waals surface area contributed by atoms with E-state index in [-0.39, 0.29) is 0 Å². The lowest BCUT2D eigenvalue weighted by molar-refractivity contribution is 1.23. The topological polar surface area (TPSA) is 25.8 Å². The van der Waals surface area contributed by atoms with Crippen LogP contribution in [0.2, 0.25) is 0 Å². The highest BCUT2D eigenvalue weighted by Crippen LogP contribution is 2.34. The summed E-state index contributed by atoms with van der Waals surface area (Å²) in [5, 5.41) is 1.06. The Kier molecular flexibility index (Phi) is 4.66. The first-order chi connectivity index (χ1) is 14.3. The quantitative estimate of drug-likeness (QED) is 0.294. The van der Waals surface area contributed by atoms with Gasteiger partial charge in [0.1, 0.15) is 0 Å². The van der Waals surface area contributed by atoms with Crippen molar-refractivity contribution in [3.8, 4) is 33.8 Å². The number of hydrogen-bond acceptors (Lipinski definition) is 2. The van der Waals surface area contributed by atoms with Crippen LogP contribution in [0.5, 0.6) is 0 Å². The van der Waals surface area contributed by atoms with Crippen LogP contribution in [0.25, 0.3) is 44.7 Å². The van der Waals surface area contributed by atoms with E-state index in [1.54, 1.807) is 0 Å². The molecule has 0 aliphatic carbocycles. The van der Waals surface area contributed by atoms with Gasteiger partial charge in [0, 0.05) is 21.0 Å². The van der Waals surface area contributed by atoms with Crippen molar-refractivity contribution in [3.63, 3.8) is 0 Å². The van der Waals surface area contributed by atoms with E-state index in [4.69, 9.17) is 9.97 Å². The molecule has 4 aromatic carbocycles. The molecule has 5 rings (SSSR count). The number of hydrogen-bond donors (Lipinski definition) is 0. The standard InChI is InChI=1S/C26H17BrN2/c27-20-16-14-18(15-17-20)21-10-4-5-11-22(21)26-28-24-13-7-6-12-23(24)25(29-26)19-8-2-1-3-9-19/h1-17H. The van der Waals surface area contributed by atoms with Crippen molar-refractivity contribution in [1.29, 1.82) is 0 Å². The predicted molar refractivity (Wildman–Crippen MR) is 124 cm³/mol. The Labute approximate surface area is 178 Å². The van der Waals surface area contributed by atoms with Gasteiger partial charge in [0.15, 0.2) is 5.82 Å². The smallest absolute Gasteiger partial charge is 0.161 e. The normalized spacial score (nSPS) is 10.9. The van der Waals surface area contributed by atoms with E-state index in [1.165, 1.54) is 0 Å². The van der Waals surface area contributed by atoms with Crippen LogP contribution in [0.4, 0.5) is 0 Å². The summed E-state index contributed by atoms with van der Waals surface area (Å²) in [6.07, 6.45) is 0. The van der Waals surface area contributed by atoms with Gasteiger partial charge in [-0.1, -0.05) is 101 Å². The third-order valence-corrected chi connectivity index (χ3v) is 5.50. The van der Waals surface area contributed by atoms with Crippen LogP contribution >= 0.6 is 15.9 Å². The zero-order valence-corrected chi connectivity index (χ0v) is 17.2. The minimum atomic E-state index is 0.737. The number of rotatable bonds is 3. The molecule has 1 aromatic heterocycles. The van der Waals surface area contributed by atoms with E-state index in [1.807, 2.05) is 36.4 Å². The van der Waals surface area contributed by atoms with Crippen LogP contribution in [0, 0.1) is 0 Å². The van der Waals surface area contributed by atoms with E-state index in [0.717, 1.165) is 49.1 Å². The molecule has 29 heavy (non-hydrogen) atoms.